The molecule has 0 radical (unpaired) electrons. The number of nitrogens with zero attached hydrogens (tertiary/aromatic N) is 2. The fourth-order valence-electron chi connectivity index (χ4n) is 2.45. The minimum atomic E-state index is -0.113. The summed E-state index contributed by atoms with van der Waals surface area (Å²) in [6.07, 6.45) is 1.08. The number of carbonyl (C=O) groups excluding carboxylic acids is 1. The average molecular weight is 283 g/mol. The molecule has 1 aliphatic rings. The minimum absolute atomic E-state index is 0.0473. The van der Waals surface area contributed by atoms with E-state index in [9.17, 15) is 4.79 Å². The van der Waals surface area contributed by atoms with Gasteiger partial charge in [0.1, 0.15) is 0 Å². The van der Waals surface area contributed by atoms with E-state index in [1.165, 1.54) is 7.11 Å². The summed E-state index contributed by atoms with van der Waals surface area (Å²) in [5.74, 6) is 1.72. The molecule has 0 aromatic heterocycles. The van der Waals surface area contributed by atoms with Crippen LogP contribution in [-0.4, -0.2) is 50.1 Å². The molecule has 5 heteroatoms. The predicted molar refractivity (Wildman–Crippen MR) is 81.7 cm³/mol. The third kappa shape index (κ3) is 4.69. The number of hydrogen-bond donors (Lipinski definition) is 1. The van der Waals surface area contributed by atoms with Crippen LogP contribution in [0.4, 0.5) is 0 Å². The standard InChI is InChI=1S/C15H29N3O2/c1-6-16-15(17-8-7-11(2)3)18-9-12(4)13(10-18)14(19)20-5/h11-13H,6-10H2,1-5H3,(H,16,17). The Labute approximate surface area is 122 Å². The molecule has 1 N–H and O–H groups in total. The van der Waals surface area contributed by atoms with E-state index in [1.807, 2.05) is 0 Å². The van der Waals surface area contributed by atoms with Crippen LogP contribution in [0.2, 0.25) is 0 Å². The maximum absolute atomic E-state index is 11.7. The van der Waals surface area contributed by atoms with Crippen LogP contribution in [0.1, 0.15) is 34.1 Å². The number of carbonyl (C=O) groups is 1. The Kier molecular flexibility index (Phi) is 6.82. The zero-order valence-corrected chi connectivity index (χ0v) is 13.5. The van der Waals surface area contributed by atoms with Crippen molar-refractivity contribution in [3.63, 3.8) is 0 Å². The van der Waals surface area contributed by atoms with E-state index in [1.54, 1.807) is 0 Å². The molecular formula is C15H29N3O2. The Morgan fingerprint density at radius 1 is 1.45 bits per heavy atom. The topological polar surface area (TPSA) is 53.9 Å². The molecule has 0 aromatic carbocycles. The molecule has 0 bridgehead atoms. The van der Waals surface area contributed by atoms with Gasteiger partial charge in [0.05, 0.1) is 13.0 Å². The molecule has 1 aliphatic heterocycles. The molecule has 2 unspecified atom stereocenters. The van der Waals surface area contributed by atoms with Crippen LogP contribution in [0.25, 0.3) is 0 Å². The Bertz CT molecular complexity index is 342. The van der Waals surface area contributed by atoms with E-state index in [4.69, 9.17) is 4.74 Å². The molecule has 1 fully saturated rings. The number of guanidine groups is 1. The highest BCUT2D eigenvalue weighted by molar-refractivity contribution is 5.82. The number of hydrogen-bond acceptors (Lipinski definition) is 3. The van der Waals surface area contributed by atoms with Crippen molar-refractivity contribution in [3.05, 3.63) is 0 Å². The van der Waals surface area contributed by atoms with Crippen molar-refractivity contribution in [1.29, 1.82) is 0 Å². The fraction of sp³-hybridized carbons (Fsp3) is 0.867. The molecule has 116 valence electrons. The highest BCUT2D eigenvalue weighted by atomic mass is 16.5. The summed E-state index contributed by atoms with van der Waals surface area (Å²) in [6, 6.07) is 0. The lowest BCUT2D eigenvalue weighted by Gasteiger charge is -2.21. The van der Waals surface area contributed by atoms with E-state index in [-0.39, 0.29) is 11.9 Å². The summed E-state index contributed by atoms with van der Waals surface area (Å²) in [4.78, 5) is 18.6. The summed E-state index contributed by atoms with van der Waals surface area (Å²) >= 11 is 0. The lowest BCUT2D eigenvalue weighted by molar-refractivity contribution is -0.145. The molecule has 20 heavy (non-hydrogen) atoms. The summed E-state index contributed by atoms with van der Waals surface area (Å²) in [7, 11) is 1.46. The number of rotatable bonds is 5. The average Bonchev–Trinajstić information content (AvgIpc) is 2.78. The molecule has 5 nitrogen and oxygen atoms in total. The maximum Gasteiger partial charge on any atom is 0.310 e. The van der Waals surface area contributed by atoms with Gasteiger partial charge >= 0.3 is 5.97 Å². The molecule has 1 saturated heterocycles. The van der Waals surface area contributed by atoms with Crippen LogP contribution in [0.5, 0.6) is 0 Å². The van der Waals surface area contributed by atoms with Crippen LogP contribution in [0.15, 0.2) is 4.99 Å². The molecule has 2 atom stereocenters. The molecule has 0 aliphatic carbocycles. The molecular weight excluding hydrogens is 254 g/mol. The van der Waals surface area contributed by atoms with Crippen molar-refractivity contribution in [3.8, 4) is 0 Å². The normalized spacial score (nSPS) is 23.3. The first-order valence-corrected chi connectivity index (χ1v) is 7.60. The first-order chi connectivity index (χ1) is 9.49. The van der Waals surface area contributed by atoms with E-state index < -0.39 is 0 Å². The quantitative estimate of drug-likeness (QED) is 0.474. The van der Waals surface area contributed by atoms with Gasteiger partial charge < -0.3 is 15.0 Å². The SMILES string of the molecule is CCNC(=NCCC(C)C)N1CC(C)C(C(=O)OC)C1. The van der Waals surface area contributed by atoms with E-state index >= 15 is 0 Å². The second-order valence-electron chi connectivity index (χ2n) is 5.93. The second-order valence-corrected chi connectivity index (χ2v) is 5.93. The monoisotopic (exact) mass is 283 g/mol. The summed E-state index contributed by atoms with van der Waals surface area (Å²) in [5.41, 5.74) is 0. The van der Waals surface area contributed by atoms with Gasteiger partial charge in [0.15, 0.2) is 5.96 Å². The van der Waals surface area contributed by atoms with Crippen LogP contribution in [-0.2, 0) is 9.53 Å². The van der Waals surface area contributed by atoms with Crippen molar-refractivity contribution in [2.75, 3.05) is 33.3 Å². The van der Waals surface area contributed by atoms with Gasteiger partial charge in [0, 0.05) is 26.2 Å². The smallest absolute Gasteiger partial charge is 0.310 e. The van der Waals surface area contributed by atoms with Gasteiger partial charge in [0.25, 0.3) is 0 Å². The number of nitrogens with one attached hydrogen (secondary N) is 1. The summed E-state index contributed by atoms with van der Waals surface area (Å²) in [6.45, 7) is 11.8. The Balaban J connectivity index is 2.66. The third-order valence-electron chi connectivity index (χ3n) is 3.72. The van der Waals surface area contributed by atoms with E-state index in [0.717, 1.165) is 32.0 Å². The lowest BCUT2D eigenvalue weighted by Crippen LogP contribution is -2.40. The van der Waals surface area contributed by atoms with Gasteiger partial charge in [-0.2, -0.15) is 0 Å². The van der Waals surface area contributed by atoms with Crippen molar-refractivity contribution in [2.45, 2.75) is 34.1 Å². The van der Waals surface area contributed by atoms with Gasteiger partial charge in [-0.05, 0) is 25.2 Å². The molecule has 1 heterocycles. The fourth-order valence-corrected chi connectivity index (χ4v) is 2.45. The van der Waals surface area contributed by atoms with Crippen molar-refractivity contribution in [1.82, 2.24) is 10.2 Å². The molecule has 0 spiro atoms. The maximum atomic E-state index is 11.7. The van der Waals surface area contributed by atoms with Crippen LogP contribution >= 0.6 is 0 Å². The van der Waals surface area contributed by atoms with Crippen LogP contribution in [0.3, 0.4) is 0 Å². The highest BCUT2D eigenvalue weighted by Crippen LogP contribution is 2.24. The first kappa shape index (κ1) is 16.8. The Hall–Kier alpha value is -1.26. The van der Waals surface area contributed by atoms with Gasteiger partial charge in [0.2, 0.25) is 0 Å². The molecule has 0 saturated carbocycles. The number of methoxy groups -OCH3 is 1. The van der Waals surface area contributed by atoms with Gasteiger partial charge in [-0.15, -0.1) is 0 Å². The predicted octanol–water partition coefficient (Wildman–Crippen LogP) is 1.74. The Morgan fingerprint density at radius 2 is 2.15 bits per heavy atom. The number of ether oxygens (including phenoxy) is 1. The zero-order chi connectivity index (χ0) is 15.1. The van der Waals surface area contributed by atoms with Crippen molar-refractivity contribution < 1.29 is 9.53 Å². The van der Waals surface area contributed by atoms with Crippen molar-refractivity contribution >= 4 is 11.9 Å². The van der Waals surface area contributed by atoms with Crippen LogP contribution in [0, 0.1) is 17.8 Å². The van der Waals surface area contributed by atoms with Crippen molar-refractivity contribution in [2.24, 2.45) is 22.7 Å². The first-order valence-electron chi connectivity index (χ1n) is 7.60. The van der Waals surface area contributed by atoms with Gasteiger partial charge in [-0.25, -0.2) is 0 Å². The lowest BCUT2D eigenvalue weighted by atomic mass is 9.99. The van der Waals surface area contributed by atoms with Gasteiger partial charge in [-0.1, -0.05) is 20.8 Å². The molecule has 1 rings (SSSR count). The minimum Gasteiger partial charge on any atom is -0.469 e. The summed E-state index contributed by atoms with van der Waals surface area (Å²) in [5, 5.41) is 3.32. The zero-order valence-electron chi connectivity index (χ0n) is 13.5. The highest BCUT2D eigenvalue weighted by Gasteiger charge is 2.36. The molecule has 0 amide bonds. The van der Waals surface area contributed by atoms with E-state index in [0.29, 0.717) is 18.4 Å². The van der Waals surface area contributed by atoms with Crippen LogP contribution < -0.4 is 5.32 Å². The molecule has 0 aromatic rings. The van der Waals surface area contributed by atoms with Gasteiger partial charge in [-0.3, -0.25) is 9.79 Å². The third-order valence-corrected chi connectivity index (χ3v) is 3.72. The summed E-state index contributed by atoms with van der Waals surface area (Å²) < 4.78 is 4.88. The number of esters is 1. The number of likely N-dealkylation sites (tertiary alicyclic amines) is 1. The Morgan fingerprint density at radius 3 is 2.70 bits per heavy atom. The largest absolute Gasteiger partial charge is 0.469 e. The number of aliphatic imine (C=N–C) groups is 1. The second kappa shape index (κ2) is 8.12. The van der Waals surface area contributed by atoms with E-state index in [2.05, 4.69) is 42.9 Å².